The summed E-state index contributed by atoms with van der Waals surface area (Å²) < 4.78 is 1.80. The van der Waals surface area contributed by atoms with Crippen LogP contribution >= 0.6 is 0 Å². The second-order valence-electron chi connectivity index (χ2n) is 5.73. The molecule has 1 fully saturated rings. The molecule has 1 aromatic carbocycles. The Morgan fingerprint density at radius 3 is 2.64 bits per heavy atom. The maximum absolute atomic E-state index is 12.2. The third-order valence-electron chi connectivity index (χ3n) is 4.32. The van der Waals surface area contributed by atoms with Crippen LogP contribution in [0.4, 0.5) is 0 Å². The molecule has 0 aliphatic carbocycles. The minimum Gasteiger partial charge on any atom is -0.301 e. The quantitative estimate of drug-likeness (QED) is 0.801. The van der Waals surface area contributed by atoms with Gasteiger partial charge in [-0.2, -0.15) is 0 Å². The van der Waals surface area contributed by atoms with Crippen LogP contribution in [-0.2, 0) is 6.54 Å². The lowest BCUT2D eigenvalue weighted by molar-refractivity contribution is 0.175. The zero-order valence-corrected chi connectivity index (χ0v) is 12.3. The van der Waals surface area contributed by atoms with Crippen molar-refractivity contribution in [1.82, 2.24) is 19.4 Å². The van der Waals surface area contributed by atoms with E-state index >= 15 is 0 Å². The van der Waals surface area contributed by atoms with Crippen molar-refractivity contribution in [1.29, 1.82) is 0 Å². The number of fused-ring (bicyclic) bond motifs is 1. The van der Waals surface area contributed by atoms with Gasteiger partial charge in [0.05, 0.1) is 5.52 Å². The molecule has 5 nitrogen and oxygen atoms in total. The zero-order chi connectivity index (χ0) is 14.9. The molecule has 0 spiro atoms. The van der Waals surface area contributed by atoms with Gasteiger partial charge in [-0.3, -0.25) is 9.55 Å². The van der Waals surface area contributed by atoms with E-state index < -0.39 is 0 Å². The predicted octanol–water partition coefficient (Wildman–Crippen LogP) is 2.10. The van der Waals surface area contributed by atoms with Crippen molar-refractivity contribution in [3.05, 3.63) is 53.1 Å². The molecule has 22 heavy (non-hydrogen) atoms. The SMILES string of the molecule is O=c1[nH]c2ncc(-c3ccccc3)cc2n1CCN1CCC1. The number of hydrogen-bond acceptors (Lipinski definition) is 3. The minimum absolute atomic E-state index is 0.0757. The Balaban J connectivity index is 1.72. The van der Waals surface area contributed by atoms with Crippen LogP contribution in [0.2, 0.25) is 0 Å². The largest absolute Gasteiger partial charge is 0.327 e. The molecule has 1 aliphatic rings. The van der Waals surface area contributed by atoms with Gasteiger partial charge in [0.15, 0.2) is 5.65 Å². The van der Waals surface area contributed by atoms with E-state index in [1.54, 1.807) is 4.57 Å². The van der Waals surface area contributed by atoms with Crippen LogP contribution < -0.4 is 5.69 Å². The summed E-state index contributed by atoms with van der Waals surface area (Å²) in [6.07, 6.45) is 3.08. The number of nitrogens with zero attached hydrogens (tertiary/aromatic N) is 3. The number of aromatic nitrogens is 3. The number of likely N-dealkylation sites (tertiary alicyclic amines) is 1. The van der Waals surface area contributed by atoms with E-state index in [0.29, 0.717) is 12.2 Å². The number of rotatable bonds is 4. The molecule has 0 unspecified atom stereocenters. The van der Waals surface area contributed by atoms with Crippen LogP contribution in [0, 0.1) is 0 Å². The standard InChI is InChI=1S/C17H18N4O/c22-17-19-16-15(21(17)10-9-20-7-4-8-20)11-14(12-18-16)13-5-2-1-3-6-13/h1-3,5-6,11-12H,4,7-10H2,(H,18,19,22). The Hall–Kier alpha value is -2.40. The van der Waals surface area contributed by atoms with Gasteiger partial charge < -0.3 is 4.90 Å². The molecule has 0 saturated carbocycles. The summed E-state index contributed by atoms with van der Waals surface area (Å²) in [6.45, 7) is 3.91. The molecule has 3 aromatic rings. The second-order valence-corrected chi connectivity index (χ2v) is 5.73. The predicted molar refractivity (Wildman–Crippen MR) is 86.8 cm³/mol. The Morgan fingerprint density at radius 2 is 1.91 bits per heavy atom. The molecule has 0 radical (unpaired) electrons. The lowest BCUT2D eigenvalue weighted by atomic mass is 10.1. The van der Waals surface area contributed by atoms with Crippen molar-refractivity contribution in [2.75, 3.05) is 19.6 Å². The third-order valence-corrected chi connectivity index (χ3v) is 4.32. The molecule has 112 valence electrons. The fourth-order valence-electron chi connectivity index (χ4n) is 2.89. The fourth-order valence-corrected chi connectivity index (χ4v) is 2.89. The first-order valence-corrected chi connectivity index (χ1v) is 7.67. The fraction of sp³-hybridized carbons (Fsp3) is 0.294. The number of benzene rings is 1. The average Bonchev–Trinajstić information content (AvgIpc) is 2.82. The summed E-state index contributed by atoms with van der Waals surface area (Å²) in [5, 5.41) is 0. The highest BCUT2D eigenvalue weighted by Gasteiger charge is 2.15. The first kappa shape index (κ1) is 13.3. The van der Waals surface area contributed by atoms with E-state index in [1.165, 1.54) is 6.42 Å². The second kappa shape index (κ2) is 5.42. The van der Waals surface area contributed by atoms with Gasteiger partial charge >= 0.3 is 5.69 Å². The van der Waals surface area contributed by atoms with Gasteiger partial charge in [-0.05, 0) is 31.1 Å². The highest BCUT2D eigenvalue weighted by molar-refractivity contribution is 5.78. The molecule has 0 atom stereocenters. The highest BCUT2D eigenvalue weighted by atomic mass is 16.1. The van der Waals surface area contributed by atoms with Gasteiger partial charge in [0.25, 0.3) is 0 Å². The van der Waals surface area contributed by atoms with Crippen molar-refractivity contribution >= 4 is 11.2 Å². The number of nitrogens with one attached hydrogen (secondary N) is 1. The molecule has 5 heteroatoms. The molecule has 1 aliphatic heterocycles. The topological polar surface area (TPSA) is 53.9 Å². The Kier molecular flexibility index (Phi) is 3.27. The maximum Gasteiger partial charge on any atom is 0.327 e. The van der Waals surface area contributed by atoms with Gasteiger partial charge in [-0.1, -0.05) is 30.3 Å². The van der Waals surface area contributed by atoms with Gasteiger partial charge in [-0.15, -0.1) is 0 Å². The Bertz CT molecular complexity index is 846. The average molecular weight is 294 g/mol. The summed E-state index contributed by atoms with van der Waals surface area (Å²) >= 11 is 0. The summed E-state index contributed by atoms with van der Waals surface area (Å²) in [4.78, 5) is 21.8. The zero-order valence-electron chi connectivity index (χ0n) is 12.3. The molecule has 4 rings (SSSR count). The van der Waals surface area contributed by atoms with Crippen LogP contribution in [0.5, 0.6) is 0 Å². The smallest absolute Gasteiger partial charge is 0.301 e. The number of hydrogen-bond donors (Lipinski definition) is 1. The van der Waals surface area contributed by atoms with Gasteiger partial charge in [-0.25, -0.2) is 9.78 Å². The van der Waals surface area contributed by atoms with Crippen molar-refractivity contribution in [3.8, 4) is 11.1 Å². The van der Waals surface area contributed by atoms with Crippen molar-refractivity contribution in [2.24, 2.45) is 0 Å². The molecule has 1 saturated heterocycles. The Labute approximate surface area is 128 Å². The molecule has 3 heterocycles. The van der Waals surface area contributed by atoms with E-state index in [1.807, 2.05) is 30.5 Å². The van der Waals surface area contributed by atoms with E-state index in [0.717, 1.165) is 36.3 Å². The molecule has 0 amide bonds. The summed E-state index contributed by atoms with van der Waals surface area (Å²) in [6, 6.07) is 12.2. The third kappa shape index (κ3) is 2.33. The summed E-state index contributed by atoms with van der Waals surface area (Å²) in [5.74, 6) is 0. The summed E-state index contributed by atoms with van der Waals surface area (Å²) in [7, 11) is 0. The minimum atomic E-state index is -0.0757. The van der Waals surface area contributed by atoms with E-state index in [9.17, 15) is 4.79 Å². The summed E-state index contributed by atoms with van der Waals surface area (Å²) in [5.41, 5.74) is 3.61. The number of aromatic amines is 1. The molecular weight excluding hydrogens is 276 g/mol. The van der Waals surface area contributed by atoms with Crippen LogP contribution in [0.15, 0.2) is 47.4 Å². The van der Waals surface area contributed by atoms with Gasteiger partial charge in [0.1, 0.15) is 0 Å². The molecular formula is C17H18N4O. The van der Waals surface area contributed by atoms with Gasteiger partial charge in [0.2, 0.25) is 0 Å². The van der Waals surface area contributed by atoms with E-state index in [-0.39, 0.29) is 5.69 Å². The number of H-pyrrole nitrogens is 1. The highest BCUT2D eigenvalue weighted by Crippen LogP contribution is 2.21. The van der Waals surface area contributed by atoms with E-state index in [4.69, 9.17) is 0 Å². The lowest BCUT2D eigenvalue weighted by Crippen LogP contribution is -2.40. The van der Waals surface area contributed by atoms with Crippen LogP contribution in [0.25, 0.3) is 22.3 Å². The Morgan fingerprint density at radius 1 is 1.09 bits per heavy atom. The van der Waals surface area contributed by atoms with E-state index in [2.05, 4.69) is 27.0 Å². The maximum atomic E-state index is 12.2. The number of imidazole rings is 1. The number of pyridine rings is 1. The monoisotopic (exact) mass is 294 g/mol. The molecule has 0 bridgehead atoms. The van der Waals surface area contributed by atoms with Crippen LogP contribution in [-0.4, -0.2) is 39.1 Å². The van der Waals surface area contributed by atoms with Crippen molar-refractivity contribution in [2.45, 2.75) is 13.0 Å². The molecule has 1 N–H and O–H groups in total. The van der Waals surface area contributed by atoms with Crippen molar-refractivity contribution in [3.63, 3.8) is 0 Å². The van der Waals surface area contributed by atoms with Crippen molar-refractivity contribution < 1.29 is 0 Å². The first-order valence-electron chi connectivity index (χ1n) is 7.67. The van der Waals surface area contributed by atoms with Gasteiger partial charge in [0, 0.05) is 24.8 Å². The normalized spacial score (nSPS) is 15.1. The first-order chi connectivity index (χ1) is 10.8. The van der Waals surface area contributed by atoms with Crippen LogP contribution in [0.3, 0.4) is 0 Å². The molecule has 2 aromatic heterocycles. The lowest BCUT2D eigenvalue weighted by Gasteiger charge is -2.30. The van der Waals surface area contributed by atoms with Crippen LogP contribution in [0.1, 0.15) is 6.42 Å².